The predicted octanol–water partition coefficient (Wildman–Crippen LogP) is 3.01. The first-order chi connectivity index (χ1) is 13.1. The SMILES string of the molecule is NCCCCCC(=O)NC(Cc1ccccc1)C(=O)Nc1ccc(F)cc1. The molecule has 0 bridgehead atoms. The van der Waals surface area contributed by atoms with Gasteiger partial charge in [-0.3, -0.25) is 9.59 Å². The number of nitrogens with two attached hydrogens (primary N) is 1. The monoisotopic (exact) mass is 371 g/mol. The second-order valence-corrected chi connectivity index (χ2v) is 6.41. The molecule has 6 heteroatoms. The van der Waals surface area contributed by atoms with Gasteiger partial charge in [0, 0.05) is 18.5 Å². The van der Waals surface area contributed by atoms with Gasteiger partial charge in [0.05, 0.1) is 0 Å². The van der Waals surface area contributed by atoms with Gasteiger partial charge in [0.1, 0.15) is 11.9 Å². The van der Waals surface area contributed by atoms with Gasteiger partial charge in [-0.25, -0.2) is 4.39 Å². The van der Waals surface area contributed by atoms with E-state index in [4.69, 9.17) is 5.73 Å². The Morgan fingerprint density at radius 2 is 1.67 bits per heavy atom. The van der Waals surface area contributed by atoms with Gasteiger partial charge >= 0.3 is 0 Å². The number of anilines is 1. The lowest BCUT2D eigenvalue weighted by atomic mass is 10.0. The maximum atomic E-state index is 13.0. The summed E-state index contributed by atoms with van der Waals surface area (Å²) in [5.41, 5.74) is 6.89. The molecule has 2 amide bonds. The van der Waals surface area contributed by atoms with E-state index in [-0.39, 0.29) is 17.6 Å². The fourth-order valence-electron chi connectivity index (χ4n) is 2.69. The minimum absolute atomic E-state index is 0.165. The molecule has 0 spiro atoms. The average Bonchev–Trinajstić information content (AvgIpc) is 2.67. The Bertz CT molecular complexity index is 720. The van der Waals surface area contributed by atoms with Crippen molar-refractivity contribution in [2.75, 3.05) is 11.9 Å². The number of hydrogen-bond donors (Lipinski definition) is 3. The smallest absolute Gasteiger partial charge is 0.247 e. The topological polar surface area (TPSA) is 84.2 Å². The number of amides is 2. The molecular weight excluding hydrogens is 345 g/mol. The van der Waals surface area contributed by atoms with Crippen molar-refractivity contribution in [2.45, 2.75) is 38.1 Å². The number of carbonyl (C=O) groups excluding carboxylic acids is 2. The molecule has 1 unspecified atom stereocenters. The van der Waals surface area contributed by atoms with Crippen LogP contribution in [0, 0.1) is 5.82 Å². The lowest BCUT2D eigenvalue weighted by Gasteiger charge is -2.19. The van der Waals surface area contributed by atoms with Crippen molar-refractivity contribution < 1.29 is 14.0 Å². The van der Waals surface area contributed by atoms with Crippen LogP contribution in [0.15, 0.2) is 54.6 Å². The van der Waals surface area contributed by atoms with Crippen LogP contribution >= 0.6 is 0 Å². The zero-order chi connectivity index (χ0) is 19.5. The largest absolute Gasteiger partial charge is 0.344 e. The van der Waals surface area contributed by atoms with Crippen LogP contribution in [-0.4, -0.2) is 24.4 Å². The molecule has 0 radical (unpaired) electrons. The van der Waals surface area contributed by atoms with Crippen LogP contribution in [0.25, 0.3) is 0 Å². The molecule has 0 aromatic heterocycles. The highest BCUT2D eigenvalue weighted by Crippen LogP contribution is 2.11. The third-order valence-electron chi connectivity index (χ3n) is 4.15. The molecule has 1 atom stereocenters. The van der Waals surface area contributed by atoms with E-state index in [2.05, 4.69) is 10.6 Å². The van der Waals surface area contributed by atoms with Crippen LogP contribution in [-0.2, 0) is 16.0 Å². The molecule has 4 N–H and O–H groups in total. The standard InChI is InChI=1S/C21H26FN3O2/c22-17-10-12-18(13-11-17)24-21(27)19(15-16-7-3-1-4-8-16)25-20(26)9-5-2-6-14-23/h1,3-4,7-8,10-13,19H,2,5-6,9,14-15,23H2,(H,24,27)(H,25,26). The Labute approximate surface area is 159 Å². The van der Waals surface area contributed by atoms with Gasteiger partial charge in [0.15, 0.2) is 0 Å². The lowest BCUT2D eigenvalue weighted by molar-refractivity contribution is -0.126. The van der Waals surface area contributed by atoms with E-state index >= 15 is 0 Å². The number of carbonyl (C=O) groups is 2. The maximum Gasteiger partial charge on any atom is 0.247 e. The summed E-state index contributed by atoms with van der Waals surface area (Å²) >= 11 is 0. The van der Waals surface area contributed by atoms with E-state index in [1.54, 1.807) is 0 Å². The number of nitrogens with one attached hydrogen (secondary N) is 2. The summed E-state index contributed by atoms with van der Waals surface area (Å²) in [6.45, 7) is 0.609. The van der Waals surface area contributed by atoms with E-state index in [1.807, 2.05) is 30.3 Å². The minimum Gasteiger partial charge on any atom is -0.344 e. The maximum absolute atomic E-state index is 13.0. The summed E-state index contributed by atoms with van der Waals surface area (Å²) in [6.07, 6.45) is 3.24. The van der Waals surface area contributed by atoms with Crippen LogP contribution in [0.4, 0.5) is 10.1 Å². The molecule has 0 aliphatic rings. The third kappa shape index (κ3) is 7.58. The van der Waals surface area contributed by atoms with Crippen LogP contribution in [0.5, 0.6) is 0 Å². The van der Waals surface area contributed by atoms with Crippen molar-refractivity contribution in [3.8, 4) is 0 Å². The Morgan fingerprint density at radius 1 is 0.963 bits per heavy atom. The fourth-order valence-corrected chi connectivity index (χ4v) is 2.69. The Kier molecular flexibility index (Phi) is 8.45. The molecule has 0 saturated heterocycles. The number of rotatable bonds is 10. The van der Waals surface area contributed by atoms with E-state index in [0.717, 1.165) is 24.8 Å². The van der Waals surface area contributed by atoms with Crippen LogP contribution < -0.4 is 16.4 Å². The highest BCUT2D eigenvalue weighted by atomic mass is 19.1. The predicted molar refractivity (Wildman–Crippen MR) is 105 cm³/mol. The average molecular weight is 371 g/mol. The molecule has 2 rings (SSSR count). The van der Waals surface area contributed by atoms with Crippen LogP contribution in [0.1, 0.15) is 31.2 Å². The third-order valence-corrected chi connectivity index (χ3v) is 4.15. The van der Waals surface area contributed by atoms with Crippen LogP contribution in [0.2, 0.25) is 0 Å². The van der Waals surface area contributed by atoms with Gasteiger partial charge < -0.3 is 16.4 Å². The van der Waals surface area contributed by atoms with Crippen molar-refractivity contribution in [2.24, 2.45) is 5.73 Å². The lowest BCUT2D eigenvalue weighted by Crippen LogP contribution is -2.45. The van der Waals surface area contributed by atoms with Crippen molar-refractivity contribution in [1.29, 1.82) is 0 Å². The molecule has 0 aliphatic heterocycles. The molecule has 5 nitrogen and oxygen atoms in total. The van der Waals surface area contributed by atoms with E-state index in [9.17, 15) is 14.0 Å². The first-order valence-electron chi connectivity index (χ1n) is 9.18. The molecule has 0 aliphatic carbocycles. The molecule has 0 fully saturated rings. The summed E-state index contributed by atoms with van der Waals surface area (Å²) in [5, 5.41) is 5.55. The van der Waals surface area contributed by atoms with Crippen molar-refractivity contribution in [3.05, 3.63) is 66.0 Å². The summed E-state index contributed by atoms with van der Waals surface area (Å²) in [6, 6.07) is 14.3. The second kappa shape index (κ2) is 11.1. The number of hydrogen-bond acceptors (Lipinski definition) is 3. The molecule has 27 heavy (non-hydrogen) atoms. The summed E-state index contributed by atoms with van der Waals surface area (Å²) < 4.78 is 13.0. The van der Waals surface area contributed by atoms with E-state index < -0.39 is 6.04 Å². The van der Waals surface area contributed by atoms with Crippen molar-refractivity contribution >= 4 is 17.5 Å². The van der Waals surface area contributed by atoms with Crippen molar-refractivity contribution in [1.82, 2.24) is 5.32 Å². The molecule has 2 aromatic carbocycles. The zero-order valence-electron chi connectivity index (χ0n) is 15.3. The van der Waals surface area contributed by atoms with Gasteiger partial charge in [-0.05, 0) is 49.2 Å². The molecule has 144 valence electrons. The molecule has 2 aromatic rings. The summed E-state index contributed by atoms with van der Waals surface area (Å²) in [7, 11) is 0. The quantitative estimate of drug-likeness (QED) is 0.561. The second-order valence-electron chi connectivity index (χ2n) is 6.41. The van der Waals surface area contributed by atoms with Gasteiger partial charge in [0.25, 0.3) is 0 Å². The summed E-state index contributed by atoms with van der Waals surface area (Å²) in [5.74, 6) is -0.873. The Balaban J connectivity index is 2.00. The first-order valence-corrected chi connectivity index (χ1v) is 9.18. The normalized spacial score (nSPS) is 11.6. The van der Waals surface area contributed by atoms with E-state index in [0.29, 0.717) is 25.1 Å². The molecule has 0 heterocycles. The van der Waals surface area contributed by atoms with Gasteiger partial charge in [-0.15, -0.1) is 0 Å². The number of benzene rings is 2. The zero-order valence-corrected chi connectivity index (χ0v) is 15.3. The van der Waals surface area contributed by atoms with E-state index in [1.165, 1.54) is 24.3 Å². The van der Waals surface area contributed by atoms with Gasteiger partial charge in [-0.2, -0.15) is 0 Å². The van der Waals surface area contributed by atoms with Crippen molar-refractivity contribution in [3.63, 3.8) is 0 Å². The first kappa shape index (κ1) is 20.6. The highest BCUT2D eigenvalue weighted by molar-refractivity contribution is 5.97. The molecular formula is C21H26FN3O2. The van der Waals surface area contributed by atoms with Gasteiger partial charge in [0.2, 0.25) is 11.8 Å². The highest BCUT2D eigenvalue weighted by Gasteiger charge is 2.21. The number of unbranched alkanes of at least 4 members (excludes halogenated alkanes) is 2. The Hall–Kier alpha value is -2.73. The summed E-state index contributed by atoms with van der Waals surface area (Å²) in [4.78, 5) is 24.9. The van der Waals surface area contributed by atoms with Gasteiger partial charge in [-0.1, -0.05) is 36.8 Å². The number of halogens is 1. The molecule has 0 saturated carbocycles. The fraction of sp³-hybridized carbons (Fsp3) is 0.333. The Morgan fingerprint density at radius 3 is 2.33 bits per heavy atom. The minimum atomic E-state index is -0.709. The van der Waals surface area contributed by atoms with Crippen LogP contribution in [0.3, 0.4) is 0 Å².